The largest absolute Gasteiger partial charge is 0.277 e. The predicted molar refractivity (Wildman–Crippen MR) is 126 cm³/mol. The Hall–Kier alpha value is -2.68. The average molecular weight is 468 g/mol. The molecule has 0 spiro atoms. The van der Waals surface area contributed by atoms with Crippen LogP contribution in [-0.4, -0.2) is 30.4 Å². The highest BCUT2D eigenvalue weighted by molar-refractivity contribution is 7.99. The van der Waals surface area contributed by atoms with Gasteiger partial charge in [-0.05, 0) is 60.9 Å². The molecule has 0 amide bonds. The lowest BCUT2D eigenvalue weighted by molar-refractivity contribution is 0.579. The van der Waals surface area contributed by atoms with E-state index in [0.29, 0.717) is 6.54 Å². The second-order valence-electron chi connectivity index (χ2n) is 7.90. The fraction of sp³-hybridized carbons (Fsp3) is 0.208. The van der Waals surface area contributed by atoms with Crippen LogP contribution in [0.3, 0.4) is 0 Å². The number of H-pyrrole nitrogens is 1. The molecule has 0 saturated heterocycles. The van der Waals surface area contributed by atoms with Gasteiger partial charge in [-0.3, -0.25) is 5.10 Å². The molecule has 1 aliphatic rings. The summed E-state index contributed by atoms with van der Waals surface area (Å²) in [5.74, 6) is -0.288. The van der Waals surface area contributed by atoms with E-state index in [2.05, 4.69) is 14.9 Å². The van der Waals surface area contributed by atoms with Crippen LogP contribution in [0.2, 0.25) is 0 Å². The predicted octanol–water partition coefficient (Wildman–Crippen LogP) is 5.28. The molecule has 164 valence electrons. The number of halogens is 1. The molecule has 8 heteroatoms. The average Bonchev–Trinajstić information content (AvgIpc) is 3.59. The zero-order chi connectivity index (χ0) is 22.1. The quantitative estimate of drug-likeness (QED) is 0.346. The van der Waals surface area contributed by atoms with Crippen LogP contribution in [-0.2, 0) is 10.0 Å². The number of rotatable bonds is 8. The summed E-state index contributed by atoms with van der Waals surface area (Å²) in [6, 6.07) is 22.2. The molecule has 1 saturated carbocycles. The van der Waals surface area contributed by atoms with Crippen LogP contribution in [0.1, 0.15) is 23.7 Å². The Morgan fingerprint density at radius 1 is 1.06 bits per heavy atom. The molecule has 1 fully saturated rings. The summed E-state index contributed by atoms with van der Waals surface area (Å²) in [6.45, 7) is 0.321. The van der Waals surface area contributed by atoms with Gasteiger partial charge in [0.1, 0.15) is 5.82 Å². The monoisotopic (exact) mass is 467 g/mol. The molecule has 0 aliphatic heterocycles. The number of benzene rings is 3. The minimum atomic E-state index is -3.26. The number of fused-ring (bicyclic) bond motifs is 1. The summed E-state index contributed by atoms with van der Waals surface area (Å²) in [6.07, 6.45) is 1.48. The van der Waals surface area contributed by atoms with Gasteiger partial charge in [0.2, 0.25) is 10.0 Å². The highest BCUT2D eigenvalue weighted by Crippen LogP contribution is 2.38. The zero-order valence-corrected chi connectivity index (χ0v) is 18.8. The maximum absolute atomic E-state index is 13.3. The van der Waals surface area contributed by atoms with Crippen LogP contribution in [0, 0.1) is 5.82 Å². The Balaban J connectivity index is 1.44. The third kappa shape index (κ3) is 4.57. The summed E-state index contributed by atoms with van der Waals surface area (Å²) in [5.41, 5.74) is 3.53. The van der Waals surface area contributed by atoms with E-state index in [9.17, 15) is 12.8 Å². The maximum Gasteiger partial charge on any atom is 0.214 e. The third-order valence-electron chi connectivity index (χ3n) is 5.53. The lowest BCUT2D eigenvalue weighted by Gasteiger charge is -2.18. The van der Waals surface area contributed by atoms with Gasteiger partial charge in [-0.25, -0.2) is 17.5 Å². The second-order valence-corrected chi connectivity index (χ2v) is 11.2. The number of sulfonamides is 1. The second kappa shape index (κ2) is 8.69. The molecular weight excluding hydrogens is 445 g/mol. The van der Waals surface area contributed by atoms with Gasteiger partial charge in [0.05, 0.1) is 16.5 Å². The van der Waals surface area contributed by atoms with Crippen LogP contribution in [0.5, 0.6) is 0 Å². The molecule has 3 aromatic carbocycles. The first-order valence-corrected chi connectivity index (χ1v) is 12.9. The van der Waals surface area contributed by atoms with Crippen LogP contribution in [0.15, 0.2) is 77.7 Å². The van der Waals surface area contributed by atoms with Crippen LogP contribution in [0.4, 0.5) is 4.39 Å². The molecule has 5 nitrogen and oxygen atoms in total. The molecule has 1 heterocycles. The zero-order valence-electron chi connectivity index (χ0n) is 17.2. The summed E-state index contributed by atoms with van der Waals surface area (Å²) in [4.78, 5) is 1.00. The standard InChI is InChI=1S/C24H22FN3O2S2/c25-18-8-6-17(7-9-18)24-21-14-19(10-13-22(21)27-28-24)31-23(16-4-2-1-3-5-16)15-26-32(29,30)20-11-12-20/h1-10,13-14,20,23,26H,11-12,15H2,(H,27,28). The molecular formula is C24H22FN3O2S2. The van der Waals surface area contributed by atoms with E-state index in [1.807, 2.05) is 48.5 Å². The smallest absolute Gasteiger partial charge is 0.214 e. The first kappa shape index (κ1) is 21.2. The van der Waals surface area contributed by atoms with Crippen molar-refractivity contribution in [3.05, 3.63) is 84.2 Å². The van der Waals surface area contributed by atoms with Crippen molar-refractivity contribution in [3.8, 4) is 11.3 Å². The van der Waals surface area contributed by atoms with Crippen molar-refractivity contribution in [3.63, 3.8) is 0 Å². The minimum absolute atomic E-state index is 0.0802. The molecule has 4 aromatic rings. The molecule has 1 aromatic heterocycles. The highest BCUT2D eigenvalue weighted by atomic mass is 32.2. The maximum atomic E-state index is 13.3. The summed E-state index contributed by atoms with van der Waals surface area (Å²) < 4.78 is 40.9. The topological polar surface area (TPSA) is 74.8 Å². The number of aromatic nitrogens is 2. The van der Waals surface area contributed by atoms with Crippen LogP contribution in [0.25, 0.3) is 22.2 Å². The molecule has 1 unspecified atom stereocenters. The summed E-state index contributed by atoms with van der Waals surface area (Å²) in [7, 11) is -3.26. The van der Waals surface area contributed by atoms with Gasteiger partial charge in [-0.1, -0.05) is 30.3 Å². The number of nitrogens with zero attached hydrogens (tertiary/aromatic N) is 1. The van der Waals surface area contributed by atoms with E-state index in [0.717, 1.165) is 45.5 Å². The lowest BCUT2D eigenvalue weighted by atomic mass is 10.1. The number of hydrogen-bond donors (Lipinski definition) is 2. The molecule has 5 rings (SSSR count). The first-order chi connectivity index (χ1) is 15.5. The minimum Gasteiger partial charge on any atom is -0.277 e. The molecule has 32 heavy (non-hydrogen) atoms. The Bertz CT molecular complexity index is 1330. The van der Waals surface area contributed by atoms with Crippen LogP contribution < -0.4 is 4.72 Å². The van der Waals surface area contributed by atoms with Gasteiger partial charge >= 0.3 is 0 Å². The Morgan fingerprint density at radius 3 is 2.53 bits per heavy atom. The Labute approximate surface area is 190 Å². The third-order valence-corrected chi connectivity index (χ3v) is 8.70. The van der Waals surface area contributed by atoms with E-state index in [4.69, 9.17) is 0 Å². The number of nitrogens with one attached hydrogen (secondary N) is 2. The molecule has 0 bridgehead atoms. The summed E-state index contributed by atoms with van der Waals surface area (Å²) in [5, 5.41) is 8.06. The van der Waals surface area contributed by atoms with Gasteiger partial charge in [0.25, 0.3) is 0 Å². The van der Waals surface area contributed by atoms with Crippen molar-refractivity contribution >= 4 is 32.7 Å². The first-order valence-electron chi connectivity index (χ1n) is 10.4. The summed E-state index contributed by atoms with van der Waals surface area (Å²) >= 11 is 1.61. The normalized spacial score (nSPS) is 15.2. The molecule has 2 N–H and O–H groups in total. The van der Waals surface area contributed by atoms with Crippen molar-refractivity contribution in [2.45, 2.75) is 28.2 Å². The lowest BCUT2D eigenvalue weighted by Crippen LogP contribution is -2.30. The van der Waals surface area contributed by atoms with Crippen LogP contribution >= 0.6 is 11.8 Å². The number of hydrogen-bond acceptors (Lipinski definition) is 4. The van der Waals surface area contributed by atoms with Gasteiger partial charge < -0.3 is 0 Å². The van der Waals surface area contributed by atoms with Crippen molar-refractivity contribution < 1.29 is 12.8 Å². The van der Waals surface area contributed by atoms with E-state index in [1.54, 1.807) is 23.9 Å². The highest BCUT2D eigenvalue weighted by Gasteiger charge is 2.35. The molecule has 1 atom stereocenters. The molecule has 1 aliphatic carbocycles. The fourth-order valence-electron chi connectivity index (χ4n) is 3.64. The van der Waals surface area contributed by atoms with E-state index in [1.165, 1.54) is 12.1 Å². The number of thioether (sulfide) groups is 1. The van der Waals surface area contributed by atoms with Gasteiger partial charge in [-0.15, -0.1) is 11.8 Å². The van der Waals surface area contributed by atoms with Gasteiger partial charge in [-0.2, -0.15) is 5.10 Å². The van der Waals surface area contributed by atoms with Crippen molar-refractivity contribution in [1.82, 2.24) is 14.9 Å². The van der Waals surface area contributed by atoms with Crippen molar-refractivity contribution in [2.75, 3.05) is 6.54 Å². The fourth-order valence-corrected chi connectivity index (χ4v) is 6.26. The van der Waals surface area contributed by atoms with E-state index in [-0.39, 0.29) is 16.3 Å². The SMILES string of the molecule is O=S(=O)(NCC(Sc1ccc2[nH]nc(-c3ccc(F)cc3)c2c1)c1ccccc1)C1CC1. The van der Waals surface area contributed by atoms with Crippen molar-refractivity contribution in [1.29, 1.82) is 0 Å². The van der Waals surface area contributed by atoms with E-state index < -0.39 is 10.0 Å². The van der Waals surface area contributed by atoms with Gasteiger partial charge in [0.15, 0.2) is 0 Å². The van der Waals surface area contributed by atoms with Gasteiger partial charge in [0, 0.05) is 27.6 Å². The Morgan fingerprint density at radius 2 is 1.81 bits per heavy atom. The van der Waals surface area contributed by atoms with E-state index >= 15 is 0 Å². The Kier molecular flexibility index (Phi) is 5.75. The van der Waals surface area contributed by atoms with Crippen molar-refractivity contribution in [2.24, 2.45) is 0 Å². The number of aromatic amines is 1. The molecule has 0 radical (unpaired) electrons.